The van der Waals surface area contributed by atoms with Gasteiger partial charge in [-0.1, -0.05) is 47.3 Å². The predicted octanol–water partition coefficient (Wildman–Crippen LogP) is 4.38. The maximum absolute atomic E-state index is 13.4. The van der Waals surface area contributed by atoms with Gasteiger partial charge in [-0.05, 0) is 48.5 Å². The summed E-state index contributed by atoms with van der Waals surface area (Å²) in [7, 11) is 0. The van der Waals surface area contributed by atoms with Gasteiger partial charge in [-0.25, -0.2) is 9.07 Å². The molecule has 0 bridgehead atoms. The van der Waals surface area contributed by atoms with Gasteiger partial charge in [-0.2, -0.15) is 0 Å². The summed E-state index contributed by atoms with van der Waals surface area (Å²) < 4.78 is 16.9. The fraction of sp³-hybridized carbons (Fsp3) is 0.0417. The van der Waals surface area contributed by atoms with E-state index in [2.05, 4.69) is 25.8 Å². The van der Waals surface area contributed by atoms with Crippen molar-refractivity contribution in [1.29, 1.82) is 0 Å². The van der Waals surface area contributed by atoms with E-state index in [1.807, 2.05) is 53.1 Å². The first-order chi connectivity index (χ1) is 16.7. The number of halogens is 1. The maximum Gasteiger partial charge on any atom is 0.234 e. The summed E-state index contributed by atoms with van der Waals surface area (Å²) in [6, 6.07) is 23.0. The fourth-order valence-corrected chi connectivity index (χ4v) is 4.14. The summed E-state index contributed by atoms with van der Waals surface area (Å²) in [5.74, 6) is 0.140. The Bertz CT molecular complexity index is 1400. The third-order valence-electron chi connectivity index (χ3n) is 4.93. The van der Waals surface area contributed by atoms with Gasteiger partial charge in [0.2, 0.25) is 5.91 Å². The van der Waals surface area contributed by atoms with Gasteiger partial charge in [0.15, 0.2) is 11.0 Å². The SMILES string of the molecule is O=C(CSc1nnc(-c2ccc(F)cc2)n1-c1ccccc1)Nc1ccccc1-n1ccnn1. The summed E-state index contributed by atoms with van der Waals surface area (Å²) in [4.78, 5) is 12.8. The fourth-order valence-electron chi connectivity index (χ4n) is 3.39. The molecule has 5 rings (SSSR count). The Labute approximate surface area is 198 Å². The molecule has 0 atom stereocenters. The number of nitrogens with one attached hydrogen (secondary N) is 1. The van der Waals surface area contributed by atoms with Crippen molar-refractivity contribution in [3.05, 3.63) is 97.1 Å². The van der Waals surface area contributed by atoms with Crippen molar-refractivity contribution in [3.8, 4) is 22.8 Å². The van der Waals surface area contributed by atoms with Crippen molar-refractivity contribution in [1.82, 2.24) is 29.8 Å². The quantitative estimate of drug-likeness (QED) is 0.354. The number of carbonyl (C=O) groups excluding carboxylic acids is 1. The molecule has 5 aromatic rings. The molecule has 0 aliphatic carbocycles. The van der Waals surface area contributed by atoms with Crippen molar-refractivity contribution in [2.75, 3.05) is 11.1 Å². The van der Waals surface area contributed by atoms with E-state index < -0.39 is 0 Å². The van der Waals surface area contributed by atoms with Crippen LogP contribution >= 0.6 is 11.8 Å². The lowest BCUT2D eigenvalue weighted by Crippen LogP contribution is -2.16. The number of hydrogen-bond acceptors (Lipinski definition) is 6. The second kappa shape index (κ2) is 9.67. The number of hydrogen-bond donors (Lipinski definition) is 1. The minimum absolute atomic E-state index is 0.111. The minimum atomic E-state index is -0.327. The van der Waals surface area contributed by atoms with Gasteiger partial charge in [0, 0.05) is 11.3 Å². The van der Waals surface area contributed by atoms with Gasteiger partial charge in [-0.15, -0.1) is 15.3 Å². The smallest absolute Gasteiger partial charge is 0.234 e. The van der Waals surface area contributed by atoms with E-state index in [4.69, 9.17) is 0 Å². The third-order valence-corrected chi connectivity index (χ3v) is 5.86. The van der Waals surface area contributed by atoms with E-state index in [9.17, 15) is 9.18 Å². The number of benzene rings is 3. The second-order valence-electron chi connectivity index (χ2n) is 7.19. The molecule has 8 nitrogen and oxygen atoms in total. The summed E-state index contributed by atoms with van der Waals surface area (Å²) in [6.45, 7) is 0. The molecule has 0 fully saturated rings. The van der Waals surface area contributed by atoms with Crippen LogP contribution in [0.25, 0.3) is 22.8 Å². The van der Waals surface area contributed by atoms with Crippen molar-refractivity contribution >= 4 is 23.4 Å². The Kier molecular flexibility index (Phi) is 6.13. The number of anilines is 1. The van der Waals surface area contributed by atoms with Crippen LogP contribution in [0.5, 0.6) is 0 Å². The number of para-hydroxylation sites is 3. The van der Waals surface area contributed by atoms with Crippen molar-refractivity contribution in [2.45, 2.75) is 5.16 Å². The molecule has 0 spiro atoms. The molecule has 2 aromatic heterocycles. The third kappa shape index (κ3) is 4.57. The topological polar surface area (TPSA) is 90.5 Å². The van der Waals surface area contributed by atoms with Crippen LogP contribution < -0.4 is 5.32 Å². The number of thioether (sulfide) groups is 1. The van der Waals surface area contributed by atoms with Crippen LogP contribution in [0.1, 0.15) is 0 Å². The zero-order chi connectivity index (χ0) is 23.3. The van der Waals surface area contributed by atoms with Crippen molar-refractivity contribution in [3.63, 3.8) is 0 Å². The standard InChI is InChI=1S/C24H18FN7OS/c25-18-12-10-17(11-13-18)23-28-29-24(32(23)19-6-2-1-3-7-19)34-16-22(33)27-20-8-4-5-9-21(20)31-15-14-26-30-31/h1-15H,16H2,(H,27,33). The van der Waals surface area contributed by atoms with Crippen LogP contribution in [0.3, 0.4) is 0 Å². The molecular formula is C24H18FN7OS. The van der Waals surface area contributed by atoms with Gasteiger partial charge in [0.25, 0.3) is 0 Å². The lowest BCUT2D eigenvalue weighted by molar-refractivity contribution is -0.113. The van der Waals surface area contributed by atoms with E-state index in [1.54, 1.807) is 35.3 Å². The number of carbonyl (C=O) groups is 1. The highest BCUT2D eigenvalue weighted by atomic mass is 32.2. The summed E-state index contributed by atoms with van der Waals surface area (Å²) in [5, 5.41) is 19.9. The van der Waals surface area contributed by atoms with Crippen molar-refractivity contribution in [2.24, 2.45) is 0 Å². The molecule has 0 saturated heterocycles. The Morgan fingerprint density at radius 2 is 1.71 bits per heavy atom. The molecule has 1 amide bonds. The predicted molar refractivity (Wildman–Crippen MR) is 127 cm³/mol. The summed E-state index contributed by atoms with van der Waals surface area (Å²) in [6.07, 6.45) is 3.28. The molecule has 0 unspecified atom stereocenters. The Hall–Kier alpha value is -4.31. The molecule has 0 radical (unpaired) electrons. The number of nitrogens with zero attached hydrogens (tertiary/aromatic N) is 6. The number of rotatable bonds is 7. The molecule has 34 heavy (non-hydrogen) atoms. The highest BCUT2D eigenvalue weighted by molar-refractivity contribution is 7.99. The average molecular weight is 472 g/mol. The van der Waals surface area contributed by atoms with Gasteiger partial charge < -0.3 is 5.32 Å². The molecule has 3 aromatic carbocycles. The molecule has 10 heteroatoms. The van der Waals surface area contributed by atoms with E-state index in [0.717, 1.165) is 11.3 Å². The van der Waals surface area contributed by atoms with Gasteiger partial charge in [0.1, 0.15) is 5.82 Å². The Balaban J connectivity index is 1.38. The highest BCUT2D eigenvalue weighted by Crippen LogP contribution is 2.28. The van der Waals surface area contributed by atoms with Crippen LogP contribution in [0.15, 0.2) is 96.4 Å². The van der Waals surface area contributed by atoms with E-state index in [1.165, 1.54) is 23.9 Å². The minimum Gasteiger partial charge on any atom is -0.323 e. The van der Waals surface area contributed by atoms with E-state index >= 15 is 0 Å². The van der Waals surface area contributed by atoms with Gasteiger partial charge in [-0.3, -0.25) is 9.36 Å². The molecule has 2 heterocycles. The van der Waals surface area contributed by atoms with E-state index in [0.29, 0.717) is 22.4 Å². The first-order valence-corrected chi connectivity index (χ1v) is 11.3. The van der Waals surface area contributed by atoms with E-state index in [-0.39, 0.29) is 17.5 Å². The van der Waals surface area contributed by atoms with Crippen LogP contribution in [0, 0.1) is 5.82 Å². The molecule has 0 saturated carbocycles. The van der Waals surface area contributed by atoms with Crippen LogP contribution in [-0.2, 0) is 4.79 Å². The Morgan fingerprint density at radius 3 is 2.47 bits per heavy atom. The van der Waals surface area contributed by atoms with Crippen LogP contribution in [-0.4, -0.2) is 41.4 Å². The van der Waals surface area contributed by atoms with Crippen molar-refractivity contribution < 1.29 is 9.18 Å². The molecule has 1 N–H and O–H groups in total. The summed E-state index contributed by atoms with van der Waals surface area (Å²) >= 11 is 1.26. The molecular weight excluding hydrogens is 453 g/mol. The summed E-state index contributed by atoms with van der Waals surface area (Å²) in [5.41, 5.74) is 2.89. The number of amides is 1. The average Bonchev–Trinajstić information content (AvgIpc) is 3.55. The lowest BCUT2D eigenvalue weighted by Gasteiger charge is -2.12. The second-order valence-corrected chi connectivity index (χ2v) is 8.13. The lowest BCUT2D eigenvalue weighted by atomic mass is 10.2. The highest BCUT2D eigenvalue weighted by Gasteiger charge is 2.18. The maximum atomic E-state index is 13.4. The van der Waals surface area contributed by atoms with Gasteiger partial charge >= 0.3 is 0 Å². The Morgan fingerprint density at radius 1 is 0.941 bits per heavy atom. The molecule has 168 valence electrons. The zero-order valence-corrected chi connectivity index (χ0v) is 18.6. The first-order valence-electron chi connectivity index (χ1n) is 10.3. The zero-order valence-electron chi connectivity index (χ0n) is 17.7. The normalized spacial score (nSPS) is 10.9. The molecule has 0 aliphatic heterocycles. The number of aromatic nitrogens is 6. The largest absolute Gasteiger partial charge is 0.323 e. The monoisotopic (exact) mass is 471 g/mol. The van der Waals surface area contributed by atoms with Gasteiger partial charge in [0.05, 0.1) is 29.5 Å². The molecule has 0 aliphatic rings. The van der Waals surface area contributed by atoms with Crippen LogP contribution in [0.2, 0.25) is 0 Å². The van der Waals surface area contributed by atoms with Crippen LogP contribution in [0.4, 0.5) is 10.1 Å². The first kappa shape index (κ1) is 21.5.